The second kappa shape index (κ2) is 13.2. The summed E-state index contributed by atoms with van der Waals surface area (Å²) >= 11 is 0. The van der Waals surface area contributed by atoms with E-state index in [-0.39, 0.29) is 18.4 Å². The van der Waals surface area contributed by atoms with Crippen LogP contribution < -0.4 is 10.4 Å². The molecule has 11 heteroatoms. The van der Waals surface area contributed by atoms with Crippen molar-refractivity contribution in [3.8, 4) is 11.4 Å². The summed E-state index contributed by atoms with van der Waals surface area (Å²) in [5.74, 6) is 1.67. The summed E-state index contributed by atoms with van der Waals surface area (Å²) in [6.45, 7) is 8.05. The molecule has 1 atom stereocenters. The molecule has 1 saturated carbocycles. The number of carbonyl (C=O) groups excluding carboxylic acids is 2. The third kappa shape index (κ3) is 8.39. The summed E-state index contributed by atoms with van der Waals surface area (Å²) < 4.78 is 11.0. The van der Waals surface area contributed by atoms with Gasteiger partial charge in [0.1, 0.15) is 11.4 Å². The van der Waals surface area contributed by atoms with Gasteiger partial charge in [-0.25, -0.2) is 15.3 Å². The van der Waals surface area contributed by atoms with Gasteiger partial charge in [-0.3, -0.25) is 10.0 Å². The highest BCUT2D eigenvalue weighted by Crippen LogP contribution is 2.32. The highest BCUT2D eigenvalue weighted by Gasteiger charge is 2.27. The first kappa shape index (κ1) is 28.8. The Morgan fingerprint density at radius 3 is 2.54 bits per heavy atom. The highest BCUT2D eigenvalue weighted by atomic mass is 16.6. The van der Waals surface area contributed by atoms with Crippen molar-refractivity contribution >= 4 is 17.8 Å². The number of nitrogens with zero attached hydrogens (tertiary/aromatic N) is 5. The highest BCUT2D eigenvalue weighted by molar-refractivity contribution is 5.75. The van der Waals surface area contributed by atoms with E-state index in [1.54, 1.807) is 16.6 Å². The van der Waals surface area contributed by atoms with E-state index in [2.05, 4.69) is 20.0 Å². The number of hydrogen-bond acceptors (Lipinski definition) is 9. The number of anilines is 1. The number of rotatable bonds is 9. The maximum Gasteiger partial charge on any atom is 0.410 e. The van der Waals surface area contributed by atoms with Crippen LogP contribution in [0, 0.1) is 5.92 Å². The monoisotopic (exact) mass is 542 g/mol. The molecular formula is C28H42N6O5. The Morgan fingerprint density at radius 1 is 1.15 bits per heavy atom. The Balaban J connectivity index is 1.34. The molecule has 1 unspecified atom stereocenters. The smallest absolute Gasteiger partial charge is 0.410 e. The number of hydrogen-bond donors (Lipinski definition) is 2. The van der Waals surface area contributed by atoms with E-state index in [0.29, 0.717) is 43.5 Å². The molecule has 2 N–H and O–H groups in total. The van der Waals surface area contributed by atoms with Crippen LogP contribution in [0.1, 0.15) is 90.4 Å². The van der Waals surface area contributed by atoms with Crippen molar-refractivity contribution in [2.24, 2.45) is 5.92 Å². The van der Waals surface area contributed by atoms with Crippen LogP contribution in [-0.4, -0.2) is 69.0 Å². The zero-order valence-corrected chi connectivity index (χ0v) is 23.4. The lowest BCUT2D eigenvalue weighted by Crippen LogP contribution is -2.50. The Morgan fingerprint density at radius 2 is 1.90 bits per heavy atom. The summed E-state index contributed by atoms with van der Waals surface area (Å²) in [4.78, 5) is 37.3. The molecule has 0 bridgehead atoms. The molecule has 11 nitrogen and oxygen atoms in total. The average Bonchev–Trinajstić information content (AvgIpc) is 3.42. The first-order valence-electron chi connectivity index (χ1n) is 14.2. The number of hydroxylamine groups is 1. The number of ether oxygens (including phenoxy) is 1. The molecule has 2 aromatic rings. The third-order valence-electron chi connectivity index (χ3n) is 7.50. The molecule has 214 valence electrons. The van der Waals surface area contributed by atoms with Gasteiger partial charge in [0.2, 0.25) is 17.6 Å². The summed E-state index contributed by atoms with van der Waals surface area (Å²) in [7, 11) is 0. The van der Waals surface area contributed by atoms with Crippen LogP contribution in [0.4, 0.5) is 10.6 Å². The Kier molecular flexibility index (Phi) is 9.77. The molecule has 0 aromatic carbocycles. The van der Waals surface area contributed by atoms with Gasteiger partial charge in [-0.05, 0) is 45.2 Å². The number of nitrogens with one attached hydrogen (secondary N) is 1. The van der Waals surface area contributed by atoms with Crippen molar-refractivity contribution in [3.63, 3.8) is 0 Å². The molecule has 1 saturated heterocycles. The minimum Gasteiger partial charge on any atom is -0.444 e. The van der Waals surface area contributed by atoms with Gasteiger partial charge in [-0.1, -0.05) is 50.1 Å². The number of aromatic nitrogens is 3. The van der Waals surface area contributed by atoms with Crippen molar-refractivity contribution in [1.29, 1.82) is 0 Å². The van der Waals surface area contributed by atoms with Crippen LogP contribution in [0.3, 0.4) is 0 Å². The minimum atomic E-state index is -0.513. The van der Waals surface area contributed by atoms with Crippen molar-refractivity contribution in [1.82, 2.24) is 25.5 Å². The summed E-state index contributed by atoms with van der Waals surface area (Å²) in [6.07, 6.45) is 10.9. The van der Waals surface area contributed by atoms with E-state index in [0.717, 1.165) is 31.0 Å². The SMILES string of the molecule is CC(C)(C)OC(=O)N1CCN(c2ccc(-c3noc(C(CCCC4CCCCC4)CC(=O)NO)n3)cn2)CC1. The van der Waals surface area contributed by atoms with Gasteiger partial charge < -0.3 is 19.1 Å². The molecule has 2 fully saturated rings. The predicted molar refractivity (Wildman–Crippen MR) is 145 cm³/mol. The Labute approximate surface area is 230 Å². The second-order valence-electron chi connectivity index (χ2n) is 11.7. The van der Waals surface area contributed by atoms with E-state index < -0.39 is 11.5 Å². The second-order valence-corrected chi connectivity index (χ2v) is 11.7. The molecule has 39 heavy (non-hydrogen) atoms. The van der Waals surface area contributed by atoms with Crippen LogP contribution in [0.25, 0.3) is 11.4 Å². The molecule has 2 aromatic heterocycles. The van der Waals surface area contributed by atoms with E-state index in [1.807, 2.05) is 32.9 Å². The largest absolute Gasteiger partial charge is 0.444 e. The van der Waals surface area contributed by atoms with Crippen LogP contribution in [0.15, 0.2) is 22.9 Å². The fourth-order valence-corrected chi connectivity index (χ4v) is 5.38. The predicted octanol–water partition coefficient (Wildman–Crippen LogP) is 4.92. The van der Waals surface area contributed by atoms with E-state index >= 15 is 0 Å². The Bertz CT molecular complexity index is 1070. The van der Waals surface area contributed by atoms with E-state index in [1.165, 1.54) is 32.1 Å². The van der Waals surface area contributed by atoms with E-state index in [9.17, 15) is 9.59 Å². The van der Waals surface area contributed by atoms with Gasteiger partial charge in [0.15, 0.2) is 0 Å². The van der Waals surface area contributed by atoms with Crippen molar-refractivity contribution in [3.05, 3.63) is 24.2 Å². The maximum absolute atomic E-state index is 12.3. The van der Waals surface area contributed by atoms with Gasteiger partial charge in [0, 0.05) is 50.3 Å². The zero-order chi connectivity index (χ0) is 27.8. The van der Waals surface area contributed by atoms with Gasteiger partial charge in [-0.15, -0.1) is 0 Å². The van der Waals surface area contributed by atoms with Crippen LogP contribution in [-0.2, 0) is 9.53 Å². The molecule has 0 spiro atoms. The van der Waals surface area contributed by atoms with Crippen LogP contribution in [0.2, 0.25) is 0 Å². The number of amides is 2. The van der Waals surface area contributed by atoms with Crippen molar-refractivity contribution < 1.29 is 24.1 Å². The number of carbonyl (C=O) groups is 2. The molecule has 1 aliphatic carbocycles. The molecule has 2 aliphatic rings. The average molecular weight is 543 g/mol. The van der Waals surface area contributed by atoms with Crippen molar-refractivity contribution in [2.45, 2.75) is 90.1 Å². The zero-order valence-electron chi connectivity index (χ0n) is 23.4. The topological polar surface area (TPSA) is 134 Å². The quantitative estimate of drug-likeness (QED) is 0.334. The van der Waals surface area contributed by atoms with Gasteiger partial charge in [0.25, 0.3) is 0 Å². The maximum atomic E-state index is 12.3. The third-order valence-corrected chi connectivity index (χ3v) is 7.50. The lowest BCUT2D eigenvalue weighted by Gasteiger charge is -2.36. The molecule has 1 aliphatic heterocycles. The standard InChI is InChI=1S/C28H42N6O5/c1-28(2,3)38-27(36)34-16-14-33(15-17-34)23-13-12-22(19-29-23)25-30-26(39-32-25)21(18-24(35)31-37)11-7-10-20-8-5-4-6-9-20/h12-13,19-21,37H,4-11,14-18H2,1-3H3,(H,31,35). The van der Waals surface area contributed by atoms with Crippen LogP contribution in [0.5, 0.6) is 0 Å². The molecule has 4 rings (SSSR count). The number of pyridine rings is 1. The molecule has 2 amide bonds. The van der Waals surface area contributed by atoms with Gasteiger partial charge >= 0.3 is 6.09 Å². The van der Waals surface area contributed by atoms with Gasteiger partial charge in [-0.2, -0.15) is 4.98 Å². The Hall–Kier alpha value is -3.21. The lowest BCUT2D eigenvalue weighted by molar-refractivity contribution is -0.129. The normalized spacial score (nSPS) is 17.6. The molecular weight excluding hydrogens is 500 g/mol. The first-order valence-corrected chi connectivity index (χ1v) is 14.2. The summed E-state index contributed by atoms with van der Waals surface area (Å²) in [6, 6.07) is 3.81. The van der Waals surface area contributed by atoms with Gasteiger partial charge in [0.05, 0.1) is 0 Å². The molecule has 0 radical (unpaired) electrons. The fraction of sp³-hybridized carbons (Fsp3) is 0.679. The fourth-order valence-electron chi connectivity index (χ4n) is 5.38. The van der Waals surface area contributed by atoms with E-state index in [4.69, 9.17) is 14.5 Å². The van der Waals surface area contributed by atoms with Crippen LogP contribution >= 0.6 is 0 Å². The first-order chi connectivity index (χ1) is 18.7. The lowest BCUT2D eigenvalue weighted by atomic mass is 9.84. The van der Waals surface area contributed by atoms with Crippen molar-refractivity contribution in [2.75, 3.05) is 31.1 Å². The minimum absolute atomic E-state index is 0.0925. The molecule has 3 heterocycles. The number of piperazine rings is 1. The summed E-state index contributed by atoms with van der Waals surface area (Å²) in [5, 5.41) is 13.2. The summed E-state index contributed by atoms with van der Waals surface area (Å²) in [5.41, 5.74) is 1.93.